The maximum absolute atomic E-state index is 11.8. The molecule has 0 aliphatic carbocycles. The zero-order valence-corrected chi connectivity index (χ0v) is 10.9. The minimum absolute atomic E-state index is 0.00388. The normalized spacial score (nSPS) is 18.2. The fourth-order valence-electron chi connectivity index (χ4n) is 2.39. The topological polar surface area (TPSA) is 61.9 Å². The molecule has 1 aromatic carbocycles. The van der Waals surface area contributed by atoms with Crippen LogP contribution in [0.15, 0.2) is 42.7 Å². The van der Waals surface area contributed by atoms with Crippen LogP contribution in [0.1, 0.15) is 12.0 Å². The molecule has 3 rings (SSSR count). The number of carbonyl (C=O) groups excluding carboxylic acids is 1. The molecule has 1 aromatic heterocycles. The number of hydrogen-bond donors (Lipinski definition) is 0. The smallest absolute Gasteiger partial charge is 0.228 e. The molecule has 5 heteroatoms. The fourth-order valence-corrected chi connectivity index (χ4v) is 2.39. The van der Waals surface area contributed by atoms with E-state index in [9.17, 15) is 4.79 Å². The van der Waals surface area contributed by atoms with Gasteiger partial charge in [-0.15, -0.1) is 0 Å². The van der Waals surface area contributed by atoms with E-state index in [2.05, 4.69) is 11.2 Å². The molecule has 2 heterocycles. The van der Waals surface area contributed by atoms with E-state index in [-0.39, 0.29) is 11.8 Å². The molecule has 20 heavy (non-hydrogen) atoms. The van der Waals surface area contributed by atoms with E-state index in [4.69, 9.17) is 5.26 Å². The quantitative estimate of drug-likeness (QED) is 0.851. The van der Waals surface area contributed by atoms with E-state index in [1.54, 1.807) is 15.8 Å². The Labute approximate surface area is 117 Å². The summed E-state index contributed by atoms with van der Waals surface area (Å²) in [5.41, 5.74) is 1.92. The third kappa shape index (κ3) is 2.41. The molecule has 100 valence electrons. The summed E-state index contributed by atoms with van der Waals surface area (Å²) in [5, 5.41) is 13.2. The Hall–Kier alpha value is -2.61. The largest absolute Gasteiger partial charge is 0.308 e. The summed E-state index contributed by atoms with van der Waals surface area (Å²) in [6, 6.07) is 12.2. The van der Waals surface area contributed by atoms with Crippen LogP contribution in [0.25, 0.3) is 0 Å². The van der Waals surface area contributed by atoms with Crippen LogP contribution in [0, 0.1) is 17.2 Å². The van der Waals surface area contributed by atoms with Gasteiger partial charge in [-0.3, -0.25) is 9.48 Å². The first-order chi connectivity index (χ1) is 9.76. The number of carbonyl (C=O) groups is 1. The minimum Gasteiger partial charge on any atom is -0.308 e. The van der Waals surface area contributed by atoms with Gasteiger partial charge in [-0.2, -0.15) is 10.4 Å². The molecule has 0 bridgehead atoms. The molecule has 0 spiro atoms. The van der Waals surface area contributed by atoms with Gasteiger partial charge in [0.15, 0.2) is 0 Å². The molecule has 2 aromatic rings. The number of hydrogen-bond acceptors (Lipinski definition) is 3. The number of amides is 1. The van der Waals surface area contributed by atoms with Crippen molar-refractivity contribution in [1.82, 2.24) is 9.78 Å². The molecule has 1 amide bonds. The second-order valence-electron chi connectivity index (χ2n) is 4.92. The third-order valence-corrected chi connectivity index (χ3v) is 3.43. The van der Waals surface area contributed by atoms with Gasteiger partial charge in [-0.1, -0.05) is 30.3 Å². The van der Waals surface area contributed by atoms with Gasteiger partial charge >= 0.3 is 0 Å². The zero-order chi connectivity index (χ0) is 13.9. The Morgan fingerprint density at radius 2 is 2.15 bits per heavy atom. The van der Waals surface area contributed by atoms with Gasteiger partial charge in [0, 0.05) is 19.2 Å². The summed E-state index contributed by atoms with van der Waals surface area (Å²) < 4.78 is 1.80. The van der Waals surface area contributed by atoms with Crippen LogP contribution in [0.2, 0.25) is 0 Å². The third-order valence-electron chi connectivity index (χ3n) is 3.43. The monoisotopic (exact) mass is 266 g/mol. The highest BCUT2D eigenvalue weighted by atomic mass is 16.2. The highest BCUT2D eigenvalue weighted by molar-refractivity contribution is 5.95. The minimum atomic E-state index is -0.208. The molecule has 1 fully saturated rings. The van der Waals surface area contributed by atoms with Crippen LogP contribution in [0.3, 0.4) is 0 Å². The summed E-state index contributed by atoms with van der Waals surface area (Å²) in [5.74, 6) is -0.212. The molecule has 1 aliphatic rings. The molecule has 5 nitrogen and oxygen atoms in total. The Morgan fingerprint density at radius 3 is 2.85 bits per heavy atom. The number of benzene rings is 1. The van der Waals surface area contributed by atoms with Crippen molar-refractivity contribution in [3.63, 3.8) is 0 Å². The first-order valence-corrected chi connectivity index (χ1v) is 6.52. The van der Waals surface area contributed by atoms with Crippen LogP contribution in [0.5, 0.6) is 0 Å². The number of nitrogens with zero attached hydrogens (tertiary/aromatic N) is 4. The van der Waals surface area contributed by atoms with Gasteiger partial charge in [0.1, 0.15) is 0 Å². The van der Waals surface area contributed by atoms with Gasteiger partial charge in [0.25, 0.3) is 0 Å². The molecular weight excluding hydrogens is 252 g/mol. The Morgan fingerprint density at radius 1 is 1.35 bits per heavy atom. The first-order valence-electron chi connectivity index (χ1n) is 6.52. The zero-order valence-electron chi connectivity index (χ0n) is 10.9. The summed E-state index contributed by atoms with van der Waals surface area (Å²) in [4.78, 5) is 13.5. The Kier molecular flexibility index (Phi) is 3.21. The van der Waals surface area contributed by atoms with Gasteiger partial charge < -0.3 is 4.90 Å². The van der Waals surface area contributed by atoms with Gasteiger partial charge in [-0.25, -0.2) is 0 Å². The fraction of sp³-hybridized carbons (Fsp3) is 0.267. The Balaban J connectivity index is 1.74. The van der Waals surface area contributed by atoms with Crippen molar-refractivity contribution < 1.29 is 4.79 Å². The summed E-state index contributed by atoms with van der Waals surface area (Å²) in [7, 11) is 0. The highest BCUT2D eigenvalue weighted by Gasteiger charge is 2.31. The van der Waals surface area contributed by atoms with E-state index in [0.29, 0.717) is 19.5 Å². The lowest BCUT2D eigenvalue weighted by atomic mass is 10.1. The molecule has 0 saturated carbocycles. The van der Waals surface area contributed by atoms with Gasteiger partial charge in [0.05, 0.1) is 30.4 Å². The maximum atomic E-state index is 11.8. The van der Waals surface area contributed by atoms with Gasteiger partial charge in [-0.05, 0) is 5.56 Å². The van der Waals surface area contributed by atoms with E-state index in [0.717, 1.165) is 11.3 Å². The number of anilines is 1. The molecular formula is C15H14N4O. The lowest BCUT2D eigenvalue weighted by Gasteiger charge is -2.12. The van der Waals surface area contributed by atoms with Crippen molar-refractivity contribution in [3.8, 4) is 6.07 Å². The number of nitriles is 1. The second kappa shape index (κ2) is 5.17. The standard InChI is InChI=1S/C15H14N4O/c16-7-13-6-15(20)19(10-13)14-8-17-18(11-14)9-12-4-2-1-3-5-12/h1-5,8,11,13H,6,9-10H2. The van der Waals surface area contributed by atoms with Crippen LogP contribution in [-0.2, 0) is 11.3 Å². The average molecular weight is 266 g/mol. The molecule has 1 saturated heterocycles. The van der Waals surface area contributed by atoms with Crippen molar-refractivity contribution in [2.75, 3.05) is 11.4 Å². The van der Waals surface area contributed by atoms with E-state index >= 15 is 0 Å². The van der Waals surface area contributed by atoms with Crippen molar-refractivity contribution in [3.05, 3.63) is 48.3 Å². The number of rotatable bonds is 3. The van der Waals surface area contributed by atoms with Crippen LogP contribution >= 0.6 is 0 Å². The number of aromatic nitrogens is 2. The molecule has 1 atom stereocenters. The van der Waals surface area contributed by atoms with Crippen LogP contribution in [0.4, 0.5) is 5.69 Å². The summed E-state index contributed by atoms with van der Waals surface area (Å²) >= 11 is 0. The SMILES string of the molecule is N#CC1CC(=O)N(c2cnn(Cc3ccccc3)c2)C1. The maximum Gasteiger partial charge on any atom is 0.228 e. The lowest BCUT2D eigenvalue weighted by molar-refractivity contribution is -0.117. The Bertz CT molecular complexity index is 656. The lowest BCUT2D eigenvalue weighted by Crippen LogP contribution is -2.23. The first kappa shape index (κ1) is 12.4. The van der Waals surface area contributed by atoms with Gasteiger partial charge in [0.2, 0.25) is 5.91 Å². The molecule has 0 N–H and O–H groups in total. The molecule has 0 radical (unpaired) electrons. The predicted octanol–water partition coefficient (Wildman–Crippen LogP) is 1.81. The van der Waals surface area contributed by atoms with Crippen molar-refractivity contribution in [2.45, 2.75) is 13.0 Å². The van der Waals surface area contributed by atoms with E-state index < -0.39 is 0 Å². The molecule has 1 unspecified atom stereocenters. The summed E-state index contributed by atoms with van der Waals surface area (Å²) in [6.07, 6.45) is 3.84. The average Bonchev–Trinajstić information content (AvgIpc) is 3.06. The van der Waals surface area contributed by atoms with E-state index in [1.165, 1.54) is 0 Å². The highest BCUT2D eigenvalue weighted by Crippen LogP contribution is 2.24. The predicted molar refractivity (Wildman–Crippen MR) is 73.8 cm³/mol. The second-order valence-corrected chi connectivity index (χ2v) is 4.92. The van der Waals surface area contributed by atoms with Crippen molar-refractivity contribution in [1.29, 1.82) is 5.26 Å². The van der Waals surface area contributed by atoms with Crippen LogP contribution in [-0.4, -0.2) is 22.2 Å². The van der Waals surface area contributed by atoms with Crippen LogP contribution < -0.4 is 4.90 Å². The molecule has 1 aliphatic heterocycles. The van der Waals surface area contributed by atoms with Crippen molar-refractivity contribution in [2.24, 2.45) is 5.92 Å². The summed E-state index contributed by atoms with van der Waals surface area (Å²) in [6.45, 7) is 1.14. The van der Waals surface area contributed by atoms with E-state index in [1.807, 2.05) is 36.5 Å². The van der Waals surface area contributed by atoms with Crippen molar-refractivity contribution >= 4 is 11.6 Å².